The van der Waals surface area contributed by atoms with Crippen molar-refractivity contribution in [2.45, 2.75) is 6.54 Å². The Morgan fingerprint density at radius 3 is 2.39 bits per heavy atom. The summed E-state index contributed by atoms with van der Waals surface area (Å²) in [6, 6.07) is 7.17. The quantitative estimate of drug-likeness (QED) is 0.693. The molecule has 6 nitrogen and oxygen atoms in total. The van der Waals surface area contributed by atoms with Crippen LogP contribution < -0.4 is 5.32 Å². The molecule has 0 unspecified atom stereocenters. The summed E-state index contributed by atoms with van der Waals surface area (Å²) in [5.74, 6) is -0.599. The molecule has 0 saturated carbocycles. The minimum atomic E-state index is -0.455. The minimum Gasteiger partial charge on any atom is -0.465 e. The van der Waals surface area contributed by atoms with Gasteiger partial charge in [0.1, 0.15) is 5.00 Å². The number of carbonyl (C=O) groups excluding carboxylic acids is 2. The van der Waals surface area contributed by atoms with Crippen LogP contribution in [0.3, 0.4) is 0 Å². The summed E-state index contributed by atoms with van der Waals surface area (Å²) in [4.78, 5) is 28.4. The molecule has 0 bridgehead atoms. The van der Waals surface area contributed by atoms with Crippen molar-refractivity contribution in [1.29, 1.82) is 0 Å². The Kier molecular flexibility index (Phi) is 7.31. The Morgan fingerprint density at radius 1 is 1.11 bits per heavy atom. The van der Waals surface area contributed by atoms with Crippen LogP contribution in [-0.2, 0) is 16.1 Å². The number of halogens is 2. The molecule has 1 amide bonds. The van der Waals surface area contributed by atoms with Gasteiger partial charge in [0.05, 0.1) is 19.2 Å². The van der Waals surface area contributed by atoms with Crippen molar-refractivity contribution >= 4 is 51.4 Å². The summed E-state index contributed by atoms with van der Waals surface area (Å²) in [5, 5.41) is 6.42. The number of carbonyl (C=O) groups is 2. The van der Waals surface area contributed by atoms with Crippen LogP contribution in [0.2, 0.25) is 10.0 Å². The van der Waals surface area contributed by atoms with E-state index in [0.717, 1.165) is 31.7 Å². The van der Waals surface area contributed by atoms with Crippen LogP contribution in [0.25, 0.3) is 0 Å². The van der Waals surface area contributed by atoms with E-state index < -0.39 is 5.97 Å². The second-order valence-corrected chi connectivity index (χ2v) is 8.19. The van der Waals surface area contributed by atoms with Crippen molar-refractivity contribution in [3.8, 4) is 0 Å². The molecule has 1 aliphatic heterocycles. The maximum absolute atomic E-state index is 12.4. The molecule has 0 atom stereocenters. The summed E-state index contributed by atoms with van der Waals surface area (Å²) in [6.07, 6.45) is 0. The van der Waals surface area contributed by atoms with E-state index in [-0.39, 0.29) is 12.5 Å². The molecule has 0 radical (unpaired) electrons. The number of methoxy groups -OCH3 is 1. The number of thiophene rings is 1. The second-order valence-electron chi connectivity index (χ2n) is 6.46. The summed E-state index contributed by atoms with van der Waals surface area (Å²) >= 11 is 13.8. The molecule has 9 heteroatoms. The molecule has 3 rings (SSSR count). The fourth-order valence-corrected chi connectivity index (χ4v) is 4.37. The molecule has 1 fully saturated rings. The number of amides is 1. The monoisotopic (exact) mass is 441 g/mol. The number of esters is 1. The zero-order valence-electron chi connectivity index (χ0n) is 15.4. The van der Waals surface area contributed by atoms with Crippen LogP contribution >= 0.6 is 34.5 Å². The first-order chi connectivity index (χ1) is 13.5. The third-order valence-electron chi connectivity index (χ3n) is 4.60. The summed E-state index contributed by atoms with van der Waals surface area (Å²) in [6.45, 7) is 4.14. The largest absolute Gasteiger partial charge is 0.465 e. The van der Waals surface area contributed by atoms with Crippen LogP contribution in [0.5, 0.6) is 0 Å². The zero-order chi connectivity index (χ0) is 20.1. The zero-order valence-corrected chi connectivity index (χ0v) is 17.7. The van der Waals surface area contributed by atoms with Crippen molar-refractivity contribution in [2.24, 2.45) is 0 Å². The standard InChI is InChI=1S/C19H21Cl2N3O3S/c1-27-19(26)13-5-10-28-18(13)22-17(25)12-24-8-6-23(7-9-24)11-14-15(20)3-2-4-16(14)21/h2-5,10H,6-9,11-12H2,1H3,(H,22,25). The van der Waals surface area contributed by atoms with E-state index in [0.29, 0.717) is 27.2 Å². The summed E-state index contributed by atoms with van der Waals surface area (Å²) in [5.41, 5.74) is 1.31. The first kappa shape index (κ1) is 21.1. The molecule has 150 valence electrons. The van der Waals surface area contributed by atoms with E-state index in [4.69, 9.17) is 27.9 Å². The van der Waals surface area contributed by atoms with Gasteiger partial charge in [0.25, 0.3) is 0 Å². The number of nitrogens with zero attached hydrogens (tertiary/aromatic N) is 2. The van der Waals surface area contributed by atoms with Crippen molar-refractivity contribution in [2.75, 3.05) is 45.2 Å². The Balaban J connectivity index is 1.48. The van der Waals surface area contributed by atoms with Crippen molar-refractivity contribution in [3.63, 3.8) is 0 Å². The molecule has 2 heterocycles. The number of nitrogens with one attached hydrogen (secondary N) is 1. The lowest BCUT2D eigenvalue weighted by Gasteiger charge is -2.34. The Hall–Kier alpha value is -1.64. The van der Waals surface area contributed by atoms with Crippen molar-refractivity contribution in [3.05, 3.63) is 50.8 Å². The maximum atomic E-state index is 12.4. The van der Waals surface area contributed by atoms with Crippen LogP contribution in [0.1, 0.15) is 15.9 Å². The van der Waals surface area contributed by atoms with Gasteiger partial charge in [-0.3, -0.25) is 14.6 Å². The van der Waals surface area contributed by atoms with E-state index in [2.05, 4.69) is 15.1 Å². The van der Waals surface area contributed by atoms with Gasteiger partial charge in [0.15, 0.2) is 0 Å². The molecule has 1 aromatic heterocycles. The number of rotatable bonds is 6. The highest BCUT2D eigenvalue weighted by Gasteiger charge is 2.22. The van der Waals surface area contributed by atoms with Gasteiger partial charge in [0.2, 0.25) is 5.91 Å². The van der Waals surface area contributed by atoms with Crippen LogP contribution in [-0.4, -0.2) is 61.5 Å². The molecule has 1 aliphatic rings. The maximum Gasteiger partial charge on any atom is 0.340 e. The molecule has 0 aliphatic carbocycles. The van der Waals surface area contributed by atoms with E-state index in [1.807, 2.05) is 18.2 Å². The lowest BCUT2D eigenvalue weighted by molar-refractivity contribution is -0.117. The Bertz CT molecular complexity index is 830. The lowest BCUT2D eigenvalue weighted by Crippen LogP contribution is -2.48. The van der Waals surface area contributed by atoms with Gasteiger partial charge in [-0.2, -0.15) is 0 Å². The van der Waals surface area contributed by atoms with Gasteiger partial charge in [-0.05, 0) is 23.6 Å². The van der Waals surface area contributed by atoms with E-state index in [1.54, 1.807) is 11.4 Å². The lowest BCUT2D eigenvalue weighted by atomic mass is 10.2. The van der Waals surface area contributed by atoms with Gasteiger partial charge in [-0.15, -0.1) is 11.3 Å². The third kappa shape index (κ3) is 5.24. The van der Waals surface area contributed by atoms with Crippen LogP contribution in [0.4, 0.5) is 5.00 Å². The molecule has 1 aromatic carbocycles. The predicted octanol–water partition coefficient (Wildman–Crippen LogP) is 3.60. The highest BCUT2D eigenvalue weighted by atomic mass is 35.5. The average molecular weight is 442 g/mol. The average Bonchev–Trinajstić information content (AvgIpc) is 3.13. The predicted molar refractivity (Wildman–Crippen MR) is 112 cm³/mol. The molecule has 1 saturated heterocycles. The molecule has 28 heavy (non-hydrogen) atoms. The highest BCUT2D eigenvalue weighted by Crippen LogP contribution is 2.26. The Labute approximate surface area is 178 Å². The number of hydrogen-bond donors (Lipinski definition) is 1. The molecular weight excluding hydrogens is 421 g/mol. The second kappa shape index (κ2) is 9.71. The van der Waals surface area contributed by atoms with Gasteiger partial charge < -0.3 is 10.1 Å². The van der Waals surface area contributed by atoms with Crippen molar-refractivity contribution < 1.29 is 14.3 Å². The number of anilines is 1. The molecular formula is C19H21Cl2N3O3S. The first-order valence-corrected chi connectivity index (χ1v) is 10.4. The van der Waals surface area contributed by atoms with Crippen molar-refractivity contribution in [1.82, 2.24) is 9.80 Å². The minimum absolute atomic E-state index is 0.143. The topological polar surface area (TPSA) is 61.9 Å². The van der Waals surface area contributed by atoms with Gasteiger partial charge >= 0.3 is 5.97 Å². The summed E-state index contributed by atoms with van der Waals surface area (Å²) < 4.78 is 4.73. The highest BCUT2D eigenvalue weighted by molar-refractivity contribution is 7.14. The summed E-state index contributed by atoms with van der Waals surface area (Å²) in [7, 11) is 1.32. The fraction of sp³-hybridized carbons (Fsp3) is 0.368. The van der Waals surface area contributed by atoms with E-state index in [1.165, 1.54) is 18.4 Å². The van der Waals surface area contributed by atoms with E-state index in [9.17, 15) is 9.59 Å². The van der Waals surface area contributed by atoms with Gasteiger partial charge in [-0.1, -0.05) is 29.3 Å². The number of piperazine rings is 1. The van der Waals surface area contributed by atoms with Crippen LogP contribution in [0, 0.1) is 0 Å². The number of benzene rings is 1. The molecule has 1 N–H and O–H groups in total. The van der Waals surface area contributed by atoms with Crippen LogP contribution in [0.15, 0.2) is 29.6 Å². The smallest absolute Gasteiger partial charge is 0.340 e. The molecule has 2 aromatic rings. The number of hydrogen-bond acceptors (Lipinski definition) is 6. The Morgan fingerprint density at radius 2 is 1.75 bits per heavy atom. The third-order valence-corrected chi connectivity index (χ3v) is 6.14. The van der Waals surface area contributed by atoms with E-state index >= 15 is 0 Å². The fourth-order valence-electron chi connectivity index (χ4n) is 3.06. The SMILES string of the molecule is COC(=O)c1ccsc1NC(=O)CN1CCN(Cc2c(Cl)cccc2Cl)CC1. The first-order valence-electron chi connectivity index (χ1n) is 8.81. The number of ether oxygens (including phenoxy) is 1. The molecule has 0 spiro atoms. The van der Waals surface area contributed by atoms with Gasteiger partial charge in [-0.25, -0.2) is 4.79 Å². The van der Waals surface area contributed by atoms with Gasteiger partial charge in [0, 0.05) is 48.3 Å². The normalized spacial score (nSPS) is 15.4.